The summed E-state index contributed by atoms with van der Waals surface area (Å²) in [6, 6.07) is 4.84. The van der Waals surface area contributed by atoms with E-state index in [2.05, 4.69) is 34.3 Å². The van der Waals surface area contributed by atoms with Crippen LogP contribution in [0.1, 0.15) is 24.9 Å². The number of pyridine rings is 1. The molecular weight excluding hydrogens is 186 g/mol. The van der Waals surface area contributed by atoms with Crippen LogP contribution in [0.15, 0.2) is 24.5 Å². The summed E-state index contributed by atoms with van der Waals surface area (Å²) in [6.45, 7) is 6.79. The minimum absolute atomic E-state index is 0.565. The minimum atomic E-state index is 0.565. The van der Waals surface area contributed by atoms with Crippen LogP contribution in [-0.4, -0.2) is 36.1 Å². The fourth-order valence-corrected chi connectivity index (χ4v) is 2.28. The van der Waals surface area contributed by atoms with Gasteiger partial charge >= 0.3 is 0 Å². The predicted octanol–water partition coefficient (Wildman–Crippen LogP) is 1.44. The average molecular weight is 205 g/mol. The van der Waals surface area contributed by atoms with Gasteiger partial charge in [0.05, 0.1) is 0 Å². The lowest BCUT2D eigenvalue weighted by Crippen LogP contribution is -2.45. The van der Waals surface area contributed by atoms with Crippen molar-refractivity contribution in [2.75, 3.05) is 26.2 Å². The van der Waals surface area contributed by atoms with Gasteiger partial charge in [-0.2, -0.15) is 0 Å². The Kier molecular flexibility index (Phi) is 3.69. The number of hydrogen-bond donors (Lipinski definition) is 1. The molecule has 0 bridgehead atoms. The third kappa shape index (κ3) is 2.55. The van der Waals surface area contributed by atoms with Crippen molar-refractivity contribution >= 4 is 0 Å². The van der Waals surface area contributed by atoms with Crippen LogP contribution in [0, 0.1) is 0 Å². The van der Waals surface area contributed by atoms with Gasteiger partial charge in [0.1, 0.15) is 0 Å². The first-order valence-electron chi connectivity index (χ1n) is 5.76. The lowest BCUT2D eigenvalue weighted by molar-refractivity contribution is 0.169. The zero-order valence-electron chi connectivity index (χ0n) is 9.32. The second kappa shape index (κ2) is 5.24. The summed E-state index contributed by atoms with van der Waals surface area (Å²) in [7, 11) is 0. The zero-order chi connectivity index (χ0) is 10.5. The second-order valence-electron chi connectivity index (χ2n) is 3.99. The van der Waals surface area contributed by atoms with Gasteiger partial charge in [0, 0.05) is 44.6 Å². The van der Waals surface area contributed by atoms with Crippen molar-refractivity contribution < 1.29 is 0 Å². The Hall–Kier alpha value is -0.930. The number of aromatic nitrogens is 1. The first-order valence-corrected chi connectivity index (χ1v) is 5.76. The molecule has 82 valence electrons. The molecular formula is C12H19N3. The van der Waals surface area contributed by atoms with Crippen molar-refractivity contribution in [2.24, 2.45) is 0 Å². The maximum Gasteiger partial charge on any atom is 0.0347 e. The molecule has 2 heterocycles. The van der Waals surface area contributed by atoms with Gasteiger partial charge in [-0.25, -0.2) is 0 Å². The van der Waals surface area contributed by atoms with E-state index in [1.165, 1.54) is 12.0 Å². The number of nitrogens with one attached hydrogen (secondary N) is 1. The molecule has 0 aromatic carbocycles. The van der Waals surface area contributed by atoms with Gasteiger partial charge in [-0.3, -0.25) is 9.88 Å². The molecule has 0 aliphatic carbocycles. The SMILES string of the molecule is CC[C@H](c1ccncc1)N1CCNCC1. The number of hydrogen-bond acceptors (Lipinski definition) is 3. The van der Waals surface area contributed by atoms with E-state index in [0.717, 1.165) is 26.2 Å². The van der Waals surface area contributed by atoms with Gasteiger partial charge in [0.2, 0.25) is 0 Å². The molecule has 1 aliphatic rings. The van der Waals surface area contributed by atoms with Crippen molar-refractivity contribution in [3.63, 3.8) is 0 Å². The van der Waals surface area contributed by atoms with Crippen molar-refractivity contribution in [1.82, 2.24) is 15.2 Å². The third-order valence-electron chi connectivity index (χ3n) is 3.07. The van der Waals surface area contributed by atoms with Crippen LogP contribution in [0.5, 0.6) is 0 Å². The maximum atomic E-state index is 4.08. The average Bonchev–Trinajstić information content (AvgIpc) is 2.33. The van der Waals surface area contributed by atoms with Crippen LogP contribution >= 0.6 is 0 Å². The molecule has 3 nitrogen and oxygen atoms in total. The highest BCUT2D eigenvalue weighted by Gasteiger charge is 2.19. The third-order valence-corrected chi connectivity index (χ3v) is 3.07. The Morgan fingerprint density at radius 2 is 2.00 bits per heavy atom. The van der Waals surface area contributed by atoms with Crippen LogP contribution < -0.4 is 5.32 Å². The van der Waals surface area contributed by atoms with Crippen LogP contribution in [0.2, 0.25) is 0 Å². The molecule has 1 aromatic rings. The summed E-state index contributed by atoms with van der Waals surface area (Å²) in [5.74, 6) is 0. The molecule has 3 heteroatoms. The summed E-state index contributed by atoms with van der Waals surface area (Å²) in [5.41, 5.74) is 1.40. The number of piperazine rings is 1. The Morgan fingerprint density at radius 1 is 1.33 bits per heavy atom. The first kappa shape index (κ1) is 10.6. The molecule has 0 radical (unpaired) electrons. The highest BCUT2D eigenvalue weighted by atomic mass is 15.2. The number of nitrogens with zero attached hydrogens (tertiary/aromatic N) is 2. The first-order chi connectivity index (χ1) is 7.42. The monoisotopic (exact) mass is 205 g/mol. The van der Waals surface area contributed by atoms with E-state index in [0.29, 0.717) is 6.04 Å². The molecule has 0 amide bonds. The van der Waals surface area contributed by atoms with Gasteiger partial charge in [0.15, 0.2) is 0 Å². The molecule has 1 fully saturated rings. The number of rotatable bonds is 3. The van der Waals surface area contributed by atoms with E-state index in [4.69, 9.17) is 0 Å². The molecule has 1 atom stereocenters. The van der Waals surface area contributed by atoms with Crippen molar-refractivity contribution in [3.8, 4) is 0 Å². The van der Waals surface area contributed by atoms with Crippen LogP contribution in [0.4, 0.5) is 0 Å². The van der Waals surface area contributed by atoms with Crippen LogP contribution in [0.3, 0.4) is 0 Å². The van der Waals surface area contributed by atoms with E-state index in [1.807, 2.05) is 12.4 Å². The lowest BCUT2D eigenvalue weighted by atomic mass is 10.0. The van der Waals surface area contributed by atoms with Gasteiger partial charge in [-0.1, -0.05) is 6.92 Å². The minimum Gasteiger partial charge on any atom is -0.314 e. The van der Waals surface area contributed by atoms with Gasteiger partial charge in [-0.05, 0) is 24.1 Å². The molecule has 0 saturated carbocycles. The Morgan fingerprint density at radius 3 is 2.60 bits per heavy atom. The summed E-state index contributed by atoms with van der Waals surface area (Å²) in [5, 5.41) is 3.39. The zero-order valence-corrected chi connectivity index (χ0v) is 9.32. The largest absolute Gasteiger partial charge is 0.314 e. The molecule has 1 aliphatic heterocycles. The summed E-state index contributed by atoms with van der Waals surface area (Å²) in [4.78, 5) is 6.64. The van der Waals surface area contributed by atoms with E-state index < -0.39 is 0 Å². The van der Waals surface area contributed by atoms with E-state index in [1.54, 1.807) is 0 Å². The molecule has 1 N–H and O–H groups in total. The quantitative estimate of drug-likeness (QED) is 0.809. The summed E-state index contributed by atoms with van der Waals surface area (Å²) < 4.78 is 0. The Labute approximate surface area is 91.5 Å². The molecule has 0 unspecified atom stereocenters. The van der Waals surface area contributed by atoms with Crippen LogP contribution in [0.25, 0.3) is 0 Å². The normalized spacial score (nSPS) is 20.1. The van der Waals surface area contributed by atoms with E-state index >= 15 is 0 Å². The van der Waals surface area contributed by atoms with E-state index in [9.17, 15) is 0 Å². The lowest BCUT2D eigenvalue weighted by Gasteiger charge is -2.34. The summed E-state index contributed by atoms with van der Waals surface area (Å²) in [6.07, 6.45) is 4.95. The van der Waals surface area contributed by atoms with E-state index in [-0.39, 0.29) is 0 Å². The van der Waals surface area contributed by atoms with Crippen molar-refractivity contribution in [2.45, 2.75) is 19.4 Å². The molecule has 1 saturated heterocycles. The predicted molar refractivity (Wildman–Crippen MR) is 61.7 cm³/mol. The fourth-order valence-electron chi connectivity index (χ4n) is 2.28. The highest BCUT2D eigenvalue weighted by molar-refractivity contribution is 5.15. The molecule has 15 heavy (non-hydrogen) atoms. The van der Waals surface area contributed by atoms with Crippen molar-refractivity contribution in [3.05, 3.63) is 30.1 Å². The van der Waals surface area contributed by atoms with Crippen molar-refractivity contribution in [1.29, 1.82) is 0 Å². The van der Waals surface area contributed by atoms with Crippen LogP contribution in [-0.2, 0) is 0 Å². The van der Waals surface area contributed by atoms with Gasteiger partial charge < -0.3 is 5.32 Å². The Balaban J connectivity index is 2.09. The smallest absolute Gasteiger partial charge is 0.0347 e. The molecule has 1 aromatic heterocycles. The topological polar surface area (TPSA) is 28.2 Å². The molecule has 0 spiro atoms. The second-order valence-corrected chi connectivity index (χ2v) is 3.99. The standard InChI is InChI=1S/C12H19N3/c1-2-12(11-3-5-13-6-4-11)15-9-7-14-8-10-15/h3-6,12,14H,2,7-10H2,1H3/t12-/m1/s1. The Bertz CT molecular complexity index is 280. The summed E-state index contributed by atoms with van der Waals surface area (Å²) >= 11 is 0. The van der Waals surface area contributed by atoms with Gasteiger partial charge in [-0.15, -0.1) is 0 Å². The maximum absolute atomic E-state index is 4.08. The molecule has 2 rings (SSSR count). The fraction of sp³-hybridized carbons (Fsp3) is 0.583. The highest BCUT2D eigenvalue weighted by Crippen LogP contribution is 2.23. The van der Waals surface area contributed by atoms with Gasteiger partial charge in [0.25, 0.3) is 0 Å².